The molecule has 0 unspecified atom stereocenters. The number of benzene rings is 4. The summed E-state index contributed by atoms with van der Waals surface area (Å²) in [5.74, 6) is 0.767. The molecule has 0 spiro atoms. The minimum atomic E-state index is 0.135. The number of fused-ring (bicyclic) bond motifs is 1. The largest absolute Gasteiger partial charge is 0.507 e. The highest BCUT2D eigenvalue weighted by Gasteiger charge is 2.20. The molecule has 7 aromatic rings. The highest BCUT2D eigenvalue weighted by Crippen LogP contribution is 2.37. The predicted molar refractivity (Wildman–Crippen MR) is 165 cm³/mol. The third-order valence-corrected chi connectivity index (χ3v) is 7.40. The molecule has 1 N–H and O–H groups in total. The summed E-state index contributed by atoms with van der Waals surface area (Å²) in [6.07, 6.45) is 5.18. The molecule has 0 saturated carbocycles. The monoisotopic (exact) mass is 530 g/mol. The first-order chi connectivity index (χ1) is 20.2. The zero-order chi connectivity index (χ0) is 27.8. The fourth-order valence-corrected chi connectivity index (χ4v) is 5.37. The maximum absolute atomic E-state index is 10.7. The van der Waals surface area contributed by atoms with E-state index in [4.69, 9.17) is 9.97 Å². The summed E-state index contributed by atoms with van der Waals surface area (Å²) in [4.78, 5) is 14.2. The van der Waals surface area contributed by atoms with E-state index in [0.717, 1.165) is 44.7 Å². The molecule has 3 aromatic heterocycles. The zero-order valence-corrected chi connectivity index (χ0v) is 22.4. The maximum Gasteiger partial charge on any atom is 0.151 e. The van der Waals surface area contributed by atoms with Gasteiger partial charge in [-0.25, -0.2) is 4.98 Å². The summed E-state index contributed by atoms with van der Waals surface area (Å²) in [5, 5.41) is 10.7. The maximum atomic E-state index is 10.7. The molecule has 0 amide bonds. The summed E-state index contributed by atoms with van der Waals surface area (Å²) in [5.41, 5.74) is 10.8. The Morgan fingerprint density at radius 1 is 0.634 bits per heavy atom. The second-order valence-corrected chi connectivity index (χ2v) is 10.0. The van der Waals surface area contributed by atoms with Gasteiger partial charge in [0.25, 0.3) is 0 Å². The lowest BCUT2D eigenvalue weighted by Gasteiger charge is -2.11. The second kappa shape index (κ2) is 10.2. The van der Waals surface area contributed by atoms with Gasteiger partial charge < -0.3 is 5.11 Å². The molecule has 7 rings (SSSR count). The van der Waals surface area contributed by atoms with E-state index in [0.29, 0.717) is 11.4 Å². The molecule has 0 atom stereocenters. The lowest BCUT2D eigenvalue weighted by Crippen LogP contribution is -1.97. The molecule has 3 heterocycles. The highest BCUT2D eigenvalue weighted by atomic mass is 16.3. The topological polar surface area (TPSA) is 63.8 Å². The Labute approximate surface area is 238 Å². The predicted octanol–water partition coefficient (Wildman–Crippen LogP) is 8.50. The van der Waals surface area contributed by atoms with Crippen LogP contribution in [0.3, 0.4) is 0 Å². The third kappa shape index (κ3) is 4.43. The SMILES string of the molecule is Cc1cnc(-c2cccc(-c3cccc4c3nc(-c3cnccc3O)n4-c3ccccc3)c2)cc1-c1ccccc1. The number of rotatable bonds is 5. The van der Waals surface area contributed by atoms with Gasteiger partial charge in [0.2, 0.25) is 0 Å². The van der Waals surface area contributed by atoms with E-state index in [1.165, 1.54) is 11.1 Å². The third-order valence-electron chi connectivity index (χ3n) is 7.40. The Kier molecular flexibility index (Phi) is 6.10. The van der Waals surface area contributed by atoms with Gasteiger partial charge in [0, 0.05) is 35.4 Å². The van der Waals surface area contributed by atoms with Crippen molar-refractivity contribution in [2.24, 2.45) is 0 Å². The van der Waals surface area contributed by atoms with Crippen LogP contribution < -0.4 is 0 Å². The van der Waals surface area contributed by atoms with Crippen LogP contribution >= 0.6 is 0 Å². The molecule has 0 saturated heterocycles. The average molecular weight is 531 g/mol. The van der Waals surface area contributed by atoms with E-state index in [2.05, 4.69) is 89.3 Å². The Morgan fingerprint density at radius 3 is 2.17 bits per heavy atom. The number of hydrogen-bond donors (Lipinski definition) is 1. The van der Waals surface area contributed by atoms with Crippen molar-refractivity contribution in [1.82, 2.24) is 19.5 Å². The van der Waals surface area contributed by atoms with Gasteiger partial charge in [-0.1, -0.05) is 78.9 Å². The summed E-state index contributed by atoms with van der Waals surface area (Å²) in [7, 11) is 0. The van der Waals surface area contributed by atoms with Crippen LogP contribution in [-0.2, 0) is 0 Å². The van der Waals surface area contributed by atoms with Crippen LogP contribution in [0.25, 0.3) is 61.6 Å². The van der Waals surface area contributed by atoms with Crippen LogP contribution in [0.15, 0.2) is 134 Å². The Balaban J connectivity index is 1.40. The van der Waals surface area contributed by atoms with Crippen molar-refractivity contribution >= 4 is 11.0 Å². The minimum Gasteiger partial charge on any atom is -0.507 e. The minimum absolute atomic E-state index is 0.135. The van der Waals surface area contributed by atoms with Crippen molar-refractivity contribution in [2.45, 2.75) is 6.92 Å². The van der Waals surface area contributed by atoms with Crippen molar-refractivity contribution in [2.75, 3.05) is 0 Å². The van der Waals surface area contributed by atoms with Crippen LogP contribution in [-0.4, -0.2) is 24.6 Å². The number of pyridine rings is 2. The number of hydrogen-bond acceptors (Lipinski definition) is 4. The first kappa shape index (κ1) is 24.5. The number of para-hydroxylation sites is 2. The lowest BCUT2D eigenvalue weighted by atomic mass is 9.97. The summed E-state index contributed by atoms with van der Waals surface area (Å²) in [6.45, 7) is 2.09. The molecule has 0 bridgehead atoms. The van der Waals surface area contributed by atoms with Gasteiger partial charge in [0.05, 0.1) is 22.3 Å². The van der Waals surface area contributed by atoms with Crippen molar-refractivity contribution in [3.05, 3.63) is 139 Å². The van der Waals surface area contributed by atoms with Gasteiger partial charge in [0.1, 0.15) is 5.75 Å². The molecule has 196 valence electrons. The zero-order valence-electron chi connectivity index (χ0n) is 22.4. The molecular weight excluding hydrogens is 504 g/mol. The van der Waals surface area contributed by atoms with Gasteiger partial charge in [-0.15, -0.1) is 0 Å². The second-order valence-electron chi connectivity index (χ2n) is 10.0. The summed E-state index contributed by atoms with van der Waals surface area (Å²) < 4.78 is 2.08. The van der Waals surface area contributed by atoms with Gasteiger partial charge in [-0.05, 0) is 65.6 Å². The molecule has 0 aliphatic carbocycles. The summed E-state index contributed by atoms with van der Waals surface area (Å²) >= 11 is 0. The Bertz CT molecular complexity index is 2010. The van der Waals surface area contributed by atoms with E-state index in [1.807, 2.05) is 42.6 Å². The van der Waals surface area contributed by atoms with Gasteiger partial charge in [0.15, 0.2) is 5.82 Å². The Hall–Kier alpha value is -5.55. The van der Waals surface area contributed by atoms with Gasteiger partial charge in [-0.2, -0.15) is 0 Å². The van der Waals surface area contributed by atoms with Gasteiger partial charge in [-0.3, -0.25) is 14.5 Å². The number of aromatic hydroxyl groups is 1. The number of imidazole rings is 1. The van der Waals surface area contributed by atoms with Gasteiger partial charge >= 0.3 is 0 Å². The van der Waals surface area contributed by atoms with Crippen molar-refractivity contribution < 1.29 is 5.11 Å². The number of nitrogens with zero attached hydrogens (tertiary/aromatic N) is 4. The van der Waals surface area contributed by atoms with Crippen molar-refractivity contribution in [3.8, 4) is 56.3 Å². The lowest BCUT2D eigenvalue weighted by molar-refractivity contribution is 0.476. The molecule has 4 aromatic carbocycles. The molecule has 0 aliphatic rings. The number of aryl methyl sites for hydroxylation is 1. The fourth-order valence-electron chi connectivity index (χ4n) is 5.37. The van der Waals surface area contributed by atoms with E-state index in [9.17, 15) is 5.11 Å². The molecule has 0 aliphatic heterocycles. The first-order valence-electron chi connectivity index (χ1n) is 13.5. The molecule has 5 heteroatoms. The quantitative estimate of drug-likeness (QED) is 0.242. The molecule has 41 heavy (non-hydrogen) atoms. The van der Waals surface area contributed by atoms with E-state index >= 15 is 0 Å². The van der Waals surface area contributed by atoms with Crippen molar-refractivity contribution in [3.63, 3.8) is 0 Å². The molecular formula is C36H26N4O. The standard InChI is InChI=1S/C36H26N4O/c1-24-22-38-32(21-30(24)25-10-4-2-5-11-25)27-13-8-12-26(20-27)29-16-9-17-33-35(29)39-36(31-23-37-19-18-34(31)41)40(33)28-14-6-3-7-15-28/h2-23H,1H3,(H,37,41). The fraction of sp³-hybridized carbons (Fsp3) is 0.0278. The van der Waals surface area contributed by atoms with E-state index in [1.54, 1.807) is 18.5 Å². The van der Waals surface area contributed by atoms with Crippen LogP contribution in [0.5, 0.6) is 5.75 Å². The molecule has 0 fully saturated rings. The number of aromatic nitrogens is 4. The molecule has 0 radical (unpaired) electrons. The van der Waals surface area contributed by atoms with Crippen LogP contribution in [0.2, 0.25) is 0 Å². The average Bonchev–Trinajstić information content (AvgIpc) is 3.42. The molecule has 5 nitrogen and oxygen atoms in total. The normalized spacial score (nSPS) is 11.1. The van der Waals surface area contributed by atoms with Crippen molar-refractivity contribution in [1.29, 1.82) is 0 Å². The first-order valence-corrected chi connectivity index (χ1v) is 13.5. The van der Waals surface area contributed by atoms with Crippen LogP contribution in [0.4, 0.5) is 0 Å². The van der Waals surface area contributed by atoms with E-state index < -0.39 is 0 Å². The smallest absolute Gasteiger partial charge is 0.151 e. The van der Waals surface area contributed by atoms with Crippen LogP contribution in [0.1, 0.15) is 5.56 Å². The van der Waals surface area contributed by atoms with E-state index in [-0.39, 0.29) is 5.75 Å². The summed E-state index contributed by atoms with van der Waals surface area (Å²) in [6, 6.07) is 38.9. The Morgan fingerprint density at radius 2 is 1.37 bits per heavy atom. The highest BCUT2D eigenvalue weighted by molar-refractivity contribution is 5.96. The van der Waals surface area contributed by atoms with Crippen LogP contribution in [0, 0.1) is 6.92 Å².